The maximum absolute atomic E-state index is 12.7. The van der Waals surface area contributed by atoms with E-state index in [1.807, 2.05) is 0 Å². The Balaban J connectivity index is 2.53. The monoisotopic (exact) mass is 367 g/mol. The van der Waals surface area contributed by atoms with Gasteiger partial charge in [-0.15, -0.1) is 0 Å². The van der Waals surface area contributed by atoms with Gasteiger partial charge in [-0.1, -0.05) is 29.8 Å². The molecule has 0 saturated heterocycles. The molecule has 2 aromatic carbocycles. The summed E-state index contributed by atoms with van der Waals surface area (Å²) < 4.78 is 28.0. The van der Waals surface area contributed by atoms with Crippen molar-refractivity contribution in [3.8, 4) is 0 Å². The lowest BCUT2D eigenvalue weighted by molar-refractivity contribution is 0.0523. The highest BCUT2D eigenvalue weighted by atomic mass is 35.5. The van der Waals surface area contributed by atoms with Crippen LogP contribution in [0.15, 0.2) is 47.4 Å². The summed E-state index contributed by atoms with van der Waals surface area (Å²) in [4.78, 5) is 24.3. The van der Waals surface area contributed by atoms with Crippen molar-refractivity contribution in [2.75, 3.05) is 6.61 Å². The van der Waals surface area contributed by atoms with Gasteiger partial charge in [-0.05, 0) is 31.2 Å². The van der Waals surface area contributed by atoms with Crippen molar-refractivity contribution < 1.29 is 22.7 Å². The van der Waals surface area contributed by atoms with Gasteiger partial charge in [0.15, 0.2) is 5.78 Å². The fourth-order valence-corrected chi connectivity index (χ4v) is 3.16. The topological polar surface area (TPSA) is 104 Å². The Morgan fingerprint density at radius 3 is 2.33 bits per heavy atom. The number of rotatable bonds is 5. The smallest absolute Gasteiger partial charge is 0.338 e. The third-order valence-electron chi connectivity index (χ3n) is 3.17. The molecule has 0 amide bonds. The first-order valence-corrected chi connectivity index (χ1v) is 8.81. The molecule has 0 aliphatic carbocycles. The largest absolute Gasteiger partial charge is 0.462 e. The highest BCUT2D eigenvalue weighted by Crippen LogP contribution is 2.24. The second-order valence-electron chi connectivity index (χ2n) is 4.79. The first-order valence-electron chi connectivity index (χ1n) is 6.89. The molecule has 0 unspecified atom stereocenters. The van der Waals surface area contributed by atoms with Gasteiger partial charge in [-0.2, -0.15) is 0 Å². The summed E-state index contributed by atoms with van der Waals surface area (Å²) >= 11 is 5.81. The van der Waals surface area contributed by atoms with Crippen LogP contribution < -0.4 is 5.14 Å². The van der Waals surface area contributed by atoms with Crippen LogP contribution >= 0.6 is 11.6 Å². The number of hydrogen-bond donors (Lipinski definition) is 1. The van der Waals surface area contributed by atoms with E-state index < -0.39 is 21.8 Å². The summed E-state index contributed by atoms with van der Waals surface area (Å²) in [6.07, 6.45) is 0. The molecular weight excluding hydrogens is 354 g/mol. The van der Waals surface area contributed by atoms with E-state index in [9.17, 15) is 18.0 Å². The number of carbonyl (C=O) groups excluding carboxylic acids is 2. The zero-order chi connectivity index (χ0) is 17.9. The number of hydrogen-bond acceptors (Lipinski definition) is 5. The second kappa shape index (κ2) is 7.12. The van der Waals surface area contributed by atoms with Crippen molar-refractivity contribution in [3.05, 3.63) is 64.2 Å². The van der Waals surface area contributed by atoms with Gasteiger partial charge >= 0.3 is 5.97 Å². The van der Waals surface area contributed by atoms with Crippen molar-refractivity contribution >= 4 is 33.4 Å². The van der Waals surface area contributed by atoms with Crippen molar-refractivity contribution in [2.45, 2.75) is 11.8 Å². The van der Waals surface area contributed by atoms with Gasteiger partial charge in [-0.3, -0.25) is 4.79 Å². The van der Waals surface area contributed by atoms with Gasteiger partial charge in [0, 0.05) is 11.1 Å². The molecule has 0 heterocycles. The Hall–Kier alpha value is -2.22. The molecule has 2 rings (SSSR count). The molecule has 126 valence electrons. The zero-order valence-electron chi connectivity index (χ0n) is 12.7. The first-order chi connectivity index (χ1) is 11.3. The fraction of sp³-hybridized carbons (Fsp3) is 0.125. The molecule has 0 aromatic heterocycles. The van der Waals surface area contributed by atoms with E-state index >= 15 is 0 Å². The lowest BCUT2D eigenvalue weighted by Gasteiger charge is -2.09. The summed E-state index contributed by atoms with van der Waals surface area (Å²) in [5, 5.41) is 5.00. The van der Waals surface area contributed by atoms with Crippen molar-refractivity contribution in [3.63, 3.8) is 0 Å². The summed E-state index contributed by atoms with van der Waals surface area (Å²) in [6, 6.07) is 9.82. The standard InChI is InChI=1S/C16H14ClNO5S/c1-2-23-16(20)12-6-4-3-5-11(12)15(19)10-7-8-13(17)14(9-10)24(18,21)22/h3-9H,2H2,1H3,(H2,18,21,22). The number of ether oxygens (including phenoxy) is 1. The minimum absolute atomic E-state index is 0.0418. The van der Waals surface area contributed by atoms with Crippen molar-refractivity contribution in [2.24, 2.45) is 5.14 Å². The molecule has 0 saturated carbocycles. The molecule has 0 bridgehead atoms. The third-order valence-corrected chi connectivity index (χ3v) is 4.56. The Kier molecular flexibility index (Phi) is 5.38. The van der Waals surface area contributed by atoms with Crippen LogP contribution in [0, 0.1) is 0 Å². The van der Waals surface area contributed by atoms with E-state index in [4.69, 9.17) is 21.5 Å². The van der Waals surface area contributed by atoms with E-state index in [2.05, 4.69) is 0 Å². The first kappa shape index (κ1) is 18.1. The minimum Gasteiger partial charge on any atom is -0.462 e. The molecule has 2 N–H and O–H groups in total. The molecule has 0 atom stereocenters. The Morgan fingerprint density at radius 1 is 1.12 bits per heavy atom. The Morgan fingerprint density at radius 2 is 1.75 bits per heavy atom. The molecule has 8 heteroatoms. The Bertz CT molecular complexity index is 908. The summed E-state index contributed by atoms with van der Waals surface area (Å²) in [7, 11) is -4.08. The molecule has 0 aliphatic rings. The van der Waals surface area contributed by atoms with E-state index in [-0.39, 0.29) is 33.2 Å². The maximum atomic E-state index is 12.7. The number of nitrogens with two attached hydrogens (primary N) is 1. The van der Waals surface area contributed by atoms with Crippen LogP contribution in [0.2, 0.25) is 5.02 Å². The van der Waals surface area contributed by atoms with Gasteiger partial charge < -0.3 is 4.74 Å². The molecule has 0 fully saturated rings. The van der Waals surface area contributed by atoms with Gasteiger partial charge in [0.25, 0.3) is 0 Å². The second-order valence-corrected chi connectivity index (χ2v) is 6.72. The molecule has 6 nitrogen and oxygen atoms in total. The van der Waals surface area contributed by atoms with Crippen LogP contribution in [-0.4, -0.2) is 26.8 Å². The van der Waals surface area contributed by atoms with E-state index in [1.165, 1.54) is 24.3 Å². The third kappa shape index (κ3) is 3.81. The number of ketones is 1. The molecule has 2 aromatic rings. The average molecular weight is 368 g/mol. The van der Waals surface area contributed by atoms with E-state index in [0.717, 1.165) is 6.07 Å². The Labute approximate surface area is 144 Å². The summed E-state index contributed by atoms with van der Waals surface area (Å²) in [5.41, 5.74) is 0.232. The number of benzene rings is 2. The van der Waals surface area contributed by atoms with Crippen LogP contribution in [0.25, 0.3) is 0 Å². The average Bonchev–Trinajstić information content (AvgIpc) is 2.54. The molecular formula is C16H14ClNO5S. The maximum Gasteiger partial charge on any atom is 0.338 e. The molecule has 0 radical (unpaired) electrons. The quantitative estimate of drug-likeness (QED) is 0.645. The fourth-order valence-electron chi connectivity index (χ4n) is 2.09. The highest BCUT2D eigenvalue weighted by molar-refractivity contribution is 7.89. The van der Waals surface area contributed by atoms with Crippen LogP contribution in [0.3, 0.4) is 0 Å². The van der Waals surface area contributed by atoms with Crippen molar-refractivity contribution in [1.29, 1.82) is 0 Å². The summed E-state index contributed by atoms with van der Waals surface area (Å²) in [6.45, 7) is 1.82. The molecule has 0 aliphatic heterocycles. The minimum atomic E-state index is -4.08. The lowest BCUT2D eigenvalue weighted by Crippen LogP contribution is -2.15. The van der Waals surface area contributed by atoms with Crippen molar-refractivity contribution in [1.82, 2.24) is 0 Å². The van der Waals surface area contributed by atoms with E-state index in [0.29, 0.717) is 0 Å². The number of primary sulfonamides is 1. The lowest BCUT2D eigenvalue weighted by atomic mass is 9.98. The predicted octanol–water partition coefficient (Wildman–Crippen LogP) is 2.40. The molecule has 0 spiro atoms. The number of halogens is 1. The summed E-state index contributed by atoms with van der Waals surface area (Å²) in [5.74, 6) is -1.18. The van der Waals surface area contributed by atoms with Gasteiger partial charge in [0.2, 0.25) is 10.0 Å². The number of carbonyl (C=O) groups is 2. The van der Waals surface area contributed by atoms with Crippen LogP contribution in [0.4, 0.5) is 0 Å². The molecule has 24 heavy (non-hydrogen) atoms. The zero-order valence-corrected chi connectivity index (χ0v) is 14.2. The normalized spacial score (nSPS) is 11.1. The van der Waals surface area contributed by atoms with E-state index in [1.54, 1.807) is 19.1 Å². The number of esters is 1. The van der Waals surface area contributed by atoms with Crippen LogP contribution in [0.5, 0.6) is 0 Å². The van der Waals surface area contributed by atoms with Crippen LogP contribution in [0.1, 0.15) is 33.2 Å². The van der Waals surface area contributed by atoms with Gasteiger partial charge in [0.1, 0.15) is 4.90 Å². The predicted molar refractivity (Wildman–Crippen MR) is 88.7 cm³/mol. The van der Waals surface area contributed by atoms with Gasteiger partial charge in [0.05, 0.1) is 17.2 Å². The number of sulfonamides is 1. The highest BCUT2D eigenvalue weighted by Gasteiger charge is 2.21. The SMILES string of the molecule is CCOC(=O)c1ccccc1C(=O)c1ccc(Cl)c(S(N)(=O)=O)c1. The van der Waals surface area contributed by atoms with Gasteiger partial charge in [-0.25, -0.2) is 18.4 Å². The van der Waals surface area contributed by atoms with Crippen LogP contribution in [-0.2, 0) is 14.8 Å².